The van der Waals surface area contributed by atoms with E-state index in [0.29, 0.717) is 4.90 Å². The molecule has 0 radical (unpaired) electrons. The molecule has 0 amide bonds. The molecule has 0 aliphatic rings. The Balaban J connectivity index is 2.77. The van der Waals surface area contributed by atoms with Crippen LogP contribution in [0.15, 0.2) is 17.2 Å². The van der Waals surface area contributed by atoms with Gasteiger partial charge >= 0.3 is 6.18 Å². The van der Waals surface area contributed by atoms with Gasteiger partial charge in [0.2, 0.25) is 0 Å². The summed E-state index contributed by atoms with van der Waals surface area (Å²) in [4.78, 5) is 2.81. The monoisotopic (exact) mass is 195 g/mol. The second-order valence-corrected chi connectivity index (χ2v) is 3.52. The Labute approximate surface area is 72.4 Å². The van der Waals surface area contributed by atoms with Crippen molar-refractivity contribution in [1.29, 1.82) is 0 Å². The van der Waals surface area contributed by atoms with Crippen LogP contribution in [-0.2, 0) is 6.18 Å². The summed E-state index contributed by atoms with van der Waals surface area (Å²) in [6.07, 6.45) is -2.89. The van der Waals surface area contributed by atoms with Crippen LogP contribution < -0.4 is 0 Å². The van der Waals surface area contributed by atoms with Crippen LogP contribution in [0.25, 0.3) is 0 Å². The third-order valence-electron chi connectivity index (χ3n) is 1.27. The quantitative estimate of drug-likeness (QED) is 0.717. The highest BCUT2D eigenvalue weighted by Crippen LogP contribution is 2.30. The van der Waals surface area contributed by atoms with Gasteiger partial charge < -0.3 is 4.98 Å². The van der Waals surface area contributed by atoms with Crippen LogP contribution in [0.3, 0.4) is 0 Å². The Hall–Kier alpha value is -0.580. The number of H-pyrrole nitrogens is 1. The molecule has 0 aliphatic heterocycles. The Bertz CT molecular complexity index is 253. The number of alkyl halides is 3. The van der Waals surface area contributed by atoms with E-state index < -0.39 is 11.9 Å². The first-order chi connectivity index (χ1) is 5.54. The average Bonchev–Trinajstić information content (AvgIpc) is 2.35. The molecule has 1 aromatic rings. The molecule has 0 saturated carbocycles. The summed E-state index contributed by atoms with van der Waals surface area (Å²) in [5.41, 5.74) is -0.682. The molecule has 5 heteroatoms. The number of rotatable bonds is 2. The van der Waals surface area contributed by atoms with Crippen LogP contribution in [0.5, 0.6) is 0 Å². The molecule has 0 bridgehead atoms. The molecule has 1 nitrogen and oxygen atoms in total. The molecular weight excluding hydrogens is 187 g/mol. The maximum atomic E-state index is 12.0. The van der Waals surface area contributed by atoms with Crippen molar-refractivity contribution in [3.05, 3.63) is 18.0 Å². The number of hydrogen-bond acceptors (Lipinski definition) is 1. The van der Waals surface area contributed by atoms with Crippen molar-refractivity contribution >= 4 is 11.8 Å². The van der Waals surface area contributed by atoms with Crippen LogP contribution in [0.1, 0.15) is 12.6 Å². The first-order valence-corrected chi connectivity index (χ1v) is 4.41. The summed E-state index contributed by atoms with van der Waals surface area (Å²) in [5, 5.41) is 0. The van der Waals surface area contributed by atoms with E-state index in [2.05, 4.69) is 4.98 Å². The van der Waals surface area contributed by atoms with Crippen molar-refractivity contribution < 1.29 is 13.2 Å². The minimum atomic E-state index is -4.26. The minimum Gasteiger partial charge on any atom is -0.357 e. The van der Waals surface area contributed by atoms with E-state index in [1.807, 2.05) is 6.92 Å². The molecule has 0 unspecified atom stereocenters. The number of hydrogen-bond donors (Lipinski definition) is 1. The van der Waals surface area contributed by atoms with Gasteiger partial charge in [0, 0.05) is 11.1 Å². The van der Waals surface area contributed by atoms with Crippen molar-refractivity contribution in [1.82, 2.24) is 4.98 Å². The lowest BCUT2D eigenvalue weighted by molar-refractivity contribution is -0.140. The first kappa shape index (κ1) is 9.51. The third kappa shape index (κ3) is 2.20. The van der Waals surface area contributed by atoms with Crippen molar-refractivity contribution in [2.75, 3.05) is 5.75 Å². The predicted molar refractivity (Wildman–Crippen MR) is 42.2 cm³/mol. The largest absolute Gasteiger partial charge is 0.431 e. The van der Waals surface area contributed by atoms with Gasteiger partial charge in [-0.3, -0.25) is 0 Å². The summed E-state index contributed by atoms with van der Waals surface area (Å²) in [7, 11) is 0. The van der Waals surface area contributed by atoms with Gasteiger partial charge in [-0.2, -0.15) is 13.2 Å². The molecular formula is C7H8F3NS. The fraction of sp³-hybridized carbons (Fsp3) is 0.429. The van der Waals surface area contributed by atoms with Gasteiger partial charge in [-0.25, -0.2) is 0 Å². The fourth-order valence-electron chi connectivity index (χ4n) is 0.788. The van der Waals surface area contributed by atoms with Crippen LogP contribution >= 0.6 is 11.8 Å². The summed E-state index contributed by atoms with van der Waals surface area (Å²) < 4.78 is 36.0. The highest BCUT2D eigenvalue weighted by molar-refractivity contribution is 7.99. The lowest BCUT2D eigenvalue weighted by Crippen LogP contribution is -2.04. The Kier molecular flexibility index (Phi) is 2.72. The second kappa shape index (κ2) is 3.43. The highest BCUT2D eigenvalue weighted by atomic mass is 32.2. The lowest BCUT2D eigenvalue weighted by atomic mass is 10.4. The molecule has 12 heavy (non-hydrogen) atoms. The highest BCUT2D eigenvalue weighted by Gasteiger charge is 2.32. The number of aromatic amines is 1. The fourth-order valence-corrected chi connectivity index (χ4v) is 1.46. The summed E-state index contributed by atoms with van der Waals surface area (Å²) in [6, 6.07) is 1.12. The van der Waals surface area contributed by atoms with Gasteiger partial charge in [-0.15, -0.1) is 11.8 Å². The molecule has 1 heterocycles. The van der Waals surface area contributed by atoms with Gasteiger partial charge in [-0.1, -0.05) is 6.92 Å². The zero-order chi connectivity index (χ0) is 9.19. The molecule has 1 N–H and O–H groups in total. The molecule has 1 rings (SSSR count). The normalized spacial score (nSPS) is 12.0. The molecule has 1 aromatic heterocycles. The van der Waals surface area contributed by atoms with Gasteiger partial charge in [0.25, 0.3) is 0 Å². The average molecular weight is 195 g/mol. The van der Waals surface area contributed by atoms with Gasteiger partial charge in [0.15, 0.2) is 0 Å². The van der Waals surface area contributed by atoms with Crippen molar-refractivity contribution in [2.24, 2.45) is 0 Å². The van der Waals surface area contributed by atoms with E-state index in [1.165, 1.54) is 18.0 Å². The van der Waals surface area contributed by atoms with E-state index in [9.17, 15) is 13.2 Å². The maximum absolute atomic E-state index is 12.0. The Morgan fingerprint density at radius 2 is 2.17 bits per heavy atom. The van der Waals surface area contributed by atoms with Crippen LogP contribution in [0.4, 0.5) is 13.2 Å². The maximum Gasteiger partial charge on any atom is 0.431 e. The first-order valence-electron chi connectivity index (χ1n) is 3.42. The minimum absolute atomic E-state index is 0.629. The molecule has 0 fully saturated rings. The van der Waals surface area contributed by atoms with Crippen LogP contribution in [-0.4, -0.2) is 10.7 Å². The SMILES string of the molecule is CCSc1c[nH]c(C(F)(F)F)c1. The number of nitrogens with one attached hydrogen (secondary N) is 1. The molecule has 0 aliphatic carbocycles. The molecule has 0 aromatic carbocycles. The van der Waals surface area contributed by atoms with E-state index in [0.717, 1.165) is 11.8 Å². The predicted octanol–water partition coefficient (Wildman–Crippen LogP) is 3.15. The molecule has 0 atom stereocenters. The van der Waals surface area contributed by atoms with Crippen molar-refractivity contribution in [3.8, 4) is 0 Å². The Morgan fingerprint density at radius 1 is 1.50 bits per heavy atom. The van der Waals surface area contributed by atoms with Gasteiger partial charge in [0.1, 0.15) is 5.69 Å². The third-order valence-corrected chi connectivity index (χ3v) is 2.13. The second-order valence-electron chi connectivity index (χ2n) is 2.18. The van der Waals surface area contributed by atoms with E-state index in [1.54, 1.807) is 0 Å². The number of aromatic nitrogens is 1. The van der Waals surface area contributed by atoms with E-state index in [-0.39, 0.29) is 0 Å². The van der Waals surface area contributed by atoms with E-state index in [4.69, 9.17) is 0 Å². The molecule has 0 saturated heterocycles. The molecule has 68 valence electrons. The standard InChI is InChI=1S/C7H8F3NS/c1-2-12-5-3-6(11-4-5)7(8,9)10/h3-4,11H,2H2,1H3. The van der Waals surface area contributed by atoms with Crippen molar-refractivity contribution in [3.63, 3.8) is 0 Å². The number of thioether (sulfide) groups is 1. The smallest absolute Gasteiger partial charge is 0.357 e. The van der Waals surface area contributed by atoms with Gasteiger partial charge in [-0.05, 0) is 11.8 Å². The van der Waals surface area contributed by atoms with Crippen LogP contribution in [0.2, 0.25) is 0 Å². The summed E-state index contributed by atoms with van der Waals surface area (Å²) in [5.74, 6) is 0.773. The topological polar surface area (TPSA) is 15.8 Å². The summed E-state index contributed by atoms with van der Waals surface area (Å²) >= 11 is 1.38. The number of halogens is 3. The zero-order valence-electron chi connectivity index (χ0n) is 6.40. The van der Waals surface area contributed by atoms with Crippen LogP contribution in [0, 0.1) is 0 Å². The van der Waals surface area contributed by atoms with Crippen molar-refractivity contribution in [2.45, 2.75) is 18.0 Å². The zero-order valence-corrected chi connectivity index (χ0v) is 7.22. The lowest BCUT2D eigenvalue weighted by Gasteiger charge is -2.00. The van der Waals surface area contributed by atoms with Gasteiger partial charge in [0.05, 0.1) is 0 Å². The summed E-state index contributed by atoms with van der Waals surface area (Å²) in [6.45, 7) is 1.89. The Morgan fingerprint density at radius 3 is 2.58 bits per heavy atom. The van der Waals surface area contributed by atoms with E-state index >= 15 is 0 Å². The molecule has 0 spiro atoms.